The van der Waals surface area contributed by atoms with E-state index in [4.69, 9.17) is 11.6 Å². The van der Waals surface area contributed by atoms with E-state index in [1.165, 1.54) is 38.5 Å². The van der Waals surface area contributed by atoms with Gasteiger partial charge in [0.05, 0.1) is 0 Å². The lowest BCUT2D eigenvalue weighted by Crippen LogP contribution is -2.12. The summed E-state index contributed by atoms with van der Waals surface area (Å²) in [6.45, 7) is 2.29. The number of benzene rings is 1. The van der Waals surface area contributed by atoms with Gasteiger partial charge in [-0.25, -0.2) is 0 Å². The molecule has 0 spiro atoms. The van der Waals surface area contributed by atoms with Gasteiger partial charge in [0, 0.05) is 10.6 Å². The van der Waals surface area contributed by atoms with Gasteiger partial charge in [-0.2, -0.15) is 0 Å². The van der Waals surface area contributed by atoms with E-state index in [0.717, 1.165) is 22.4 Å². The summed E-state index contributed by atoms with van der Waals surface area (Å²) >= 11 is 5.85. The van der Waals surface area contributed by atoms with Crippen molar-refractivity contribution in [2.75, 3.05) is 0 Å². The van der Waals surface area contributed by atoms with Gasteiger partial charge in [0.2, 0.25) is 0 Å². The molecule has 1 aromatic rings. The summed E-state index contributed by atoms with van der Waals surface area (Å²) in [7, 11) is 0. The minimum absolute atomic E-state index is 0.739. The highest BCUT2D eigenvalue weighted by molar-refractivity contribution is 6.30. The summed E-state index contributed by atoms with van der Waals surface area (Å²) in [5, 5.41) is 0.759. The van der Waals surface area contributed by atoms with Gasteiger partial charge in [0.25, 0.3) is 0 Å². The first-order chi connectivity index (χ1) is 9.78. The molecule has 1 aliphatic rings. The fourth-order valence-corrected chi connectivity index (χ4v) is 3.05. The Morgan fingerprint density at radius 1 is 1.15 bits per heavy atom. The van der Waals surface area contributed by atoms with Crippen molar-refractivity contribution in [2.45, 2.75) is 45.4 Å². The molecular formula is C19H23Cl. The smallest absolute Gasteiger partial charge is 0.0406 e. The van der Waals surface area contributed by atoms with Crippen LogP contribution in [0.25, 0.3) is 0 Å². The summed E-state index contributed by atoms with van der Waals surface area (Å²) in [5.74, 6) is 7.99. The van der Waals surface area contributed by atoms with Crippen LogP contribution in [-0.4, -0.2) is 0 Å². The van der Waals surface area contributed by atoms with Crippen molar-refractivity contribution >= 4 is 11.6 Å². The van der Waals surface area contributed by atoms with E-state index in [1.807, 2.05) is 30.3 Å². The third kappa shape index (κ3) is 5.06. The van der Waals surface area contributed by atoms with Crippen molar-refractivity contribution in [3.8, 4) is 11.8 Å². The Morgan fingerprint density at radius 3 is 2.50 bits per heavy atom. The van der Waals surface area contributed by atoms with Crippen molar-refractivity contribution in [3.05, 3.63) is 47.0 Å². The van der Waals surface area contributed by atoms with Crippen LogP contribution in [0.4, 0.5) is 0 Å². The minimum atomic E-state index is 0.739. The SMILES string of the molecule is CCCC1CCC(/C=C/C#Cc2ccc(Cl)cc2)CC1. The molecule has 0 unspecified atom stereocenters. The summed E-state index contributed by atoms with van der Waals surface area (Å²) < 4.78 is 0. The fourth-order valence-electron chi connectivity index (χ4n) is 2.92. The number of halogens is 1. The Bertz CT molecular complexity index is 479. The van der Waals surface area contributed by atoms with Crippen molar-refractivity contribution < 1.29 is 0 Å². The Labute approximate surface area is 128 Å². The Kier molecular flexibility index (Phi) is 6.22. The number of rotatable bonds is 3. The normalized spacial score (nSPS) is 22.5. The van der Waals surface area contributed by atoms with Gasteiger partial charge in [-0.05, 0) is 67.9 Å². The highest BCUT2D eigenvalue weighted by atomic mass is 35.5. The quantitative estimate of drug-likeness (QED) is 0.611. The van der Waals surface area contributed by atoms with Gasteiger partial charge in [-0.15, -0.1) is 0 Å². The van der Waals surface area contributed by atoms with Crippen molar-refractivity contribution in [3.63, 3.8) is 0 Å². The van der Waals surface area contributed by atoms with Crippen molar-refractivity contribution in [2.24, 2.45) is 11.8 Å². The van der Waals surface area contributed by atoms with Gasteiger partial charge in [-0.1, -0.05) is 49.3 Å². The predicted octanol–water partition coefficient (Wildman–Crippen LogP) is 5.85. The molecular weight excluding hydrogens is 264 g/mol. The largest absolute Gasteiger partial charge is 0.0843 e. The fraction of sp³-hybridized carbons (Fsp3) is 0.474. The van der Waals surface area contributed by atoms with Crippen LogP contribution in [0, 0.1) is 23.7 Å². The standard InChI is InChI=1S/C19H23Cl/c1-2-5-16-8-10-17(11-9-16)6-3-4-7-18-12-14-19(20)15-13-18/h3,6,12-17H,2,5,8-11H2,1H3/b6-3+. The average Bonchev–Trinajstić information content (AvgIpc) is 2.47. The monoisotopic (exact) mass is 286 g/mol. The first kappa shape index (κ1) is 15.2. The van der Waals surface area contributed by atoms with E-state index in [9.17, 15) is 0 Å². The molecule has 1 aliphatic carbocycles. The lowest BCUT2D eigenvalue weighted by Gasteiger charge is -2.26. The molecule has 0 aliphatic heterocycles. The summed E-state index contributed by atoms with van der Waals surface area (Å²) in [5.41, 5.74) is 1.02. The second kappa shape index (κ2) is 8.18. The van der Waals surface area contributed by atoms with Crippen LogP contribution >= 0.6 is 11.6 Å². The molecule has 1 fully saturated rings. The lowest BCUT2D eigenvalue weighted by atomic mass is 9.80. The van der Waals surface area contributed by atoms with E-state index < -0.39 is 0 Å². The first-order valence-corrected chi connectivity index (χ1v) is 8.09. The molecule has 1 saturated carbocycles. The predicted molar refractivity (Wildman–Crippen MR) is 87.8 cm³/mol. The Balaban J connectivity index is 1.79. The second-order valence-corrected chi connectivity index (χ2v) is 6.14. The van der Waals surface area contributed by atoms with E-state index in [1.54, 1.807) is 0 Å². The van der Waals surface area contributed by atoms with Gasteiger partial charge < -0.3 is 0 Å². The first-order valence-electron chi connectivity index (χ1n) is 7.71. The average molecular weight is 287 g/mol. The summed E-state index contributed by atoms with van der Waals surface area (Å²) in [6.07, 6.45) is 12.5. The van der Waals surface area contributed by atoms with Crippen LogP contribution in [0.5, 0.6) is 0 Å². The summed E-state index contributed by atoms with van der Waals surface area (Å²) in [6, 6.07) is 7.67. The molecule has 0 N–H and O–H groups in total. The highest BCUT2D eigenvalue weighted by Gasteiger charge is 2.18. The van der Waals surface area contributed by atoms with Gasteiger partial charge in [0.1, 0.15) is 0 Å². The maximum Gasteiger partial charge on any atom is 0.0406 e. The maximum absolute atomic E-state index is 5.85. The van der Waals surface area contributed by atoms with Gasteiger partial charge in [0.15, 0.2) is 0 Å². The van der Waals surface area contributed by atoms with Crippen LogP contribution in [-0.2, 0) is 0 Å². The molecule has 0 heterocycles. The third-order valence-electron chi connectivity index (χ3n) is 4.10. The molecule has 0 saturated heterocycles. The number of allylic oxidation sites excluding steroid dienone is 2. The van der Waals surface area contributed by atoms with Gasteiger partial charge >= 0.3 is 0 Å². The topological polar surface area (TPSA) is 0 Å². The Morgan fingerprint density at radius 2 is 1.85 bits per heavy atom. The third-order valence-corrected chi connectivity index (χ3v) is 4.35. The summed E-state index contributed by atoms with van der Waals surface area (Å²) in [4.78, 5) is 0. The van der Waals surface area contributed by atoms with Crippen molar-refractivity contribution in [1.82, 2.24) is 0 Å². The molecule has 1 aromatic carbocycles. The molecule has 0 nitrogen and oxygen atoms in total. The van der Waals surface area contributed by atoms with Crippen LogP contribution in [0.1, 0.15) is 51.0 Å². The zero-order valence-electron chi connectivity index (χ0n) is 12.2. The van der Waals surface area contributed by atoms with E-state index in [0.29, 0.717) is 0 Å². The maximum atomic E-state index is 5.85. The van der Waals surface area contributed by atoms with Crippen LogP contribution in [0.15, 0.2) is 36.4 Å². The van der Waals surface area contributed by atoms with Gasteiger partial charge in [-0.3, -0.25) is 0 Å². The minimum Gasteiger partial charge on any atom is -0.0843 e. The molecule has 0 amide bonds. The molecule has 0 radical (unpaired) electrons. The molecule has 2 rings (SSSR count). The van der Waals surface area contributed by atoms with Crippen LogP contribution in [0.2, 0.25) is 5.02 Å². The molecule has 0 bridgehead atoms. The number of hydrogen-bond acceptors (Lipinski definition) is 0. The molecule has 1 heteroatoms. The van der Waals surface area contributed by atoms with Crippen molar-refractivity contribution in [1.29, 1.82) is 0 Å². The second-order valence-electron chi connectivity index (χ2n) is 5.70. The molecule has 0 atom stereocenters. The van der Waals surface area contributed by atoms with E-state index in [2.05, 4.69) is 24.8 Å². The molecule has 106 valence electrons. The zero-order valence-corrected chi connectivity index (χ0v) is 13.0. The van der Waals surface area contributed by atoms with E-state index >= 15 is 0 Å². The zero-order chi connectivity index (χ0) is 14.2. The Hall–Kier alpha value is -1.19. The lowest BCUT2D eigenvalue weighted by molar-refractivity contribution is 0.294. The van der Waals surface area contributed by atoms with Crippen LogP contribution < -0.4 is 0 Å². The molecule has 0 aromatic heterocycles. The number of hydrogen-bond donors (Lipinski definition) is 0. The van der Waals surface area contributed by atoms with E-state index in [-0.39, 0.29) is 0 Å². The molecule has 20 heavy (non-hydrogen) atoms. The van der Waals surface area contributed by atoms with Crippen LogP contribution in [0.3, 0.4) is 0 Å². The highest BCUT2D eigenvalue weighted by Crippen LogP contribution is 2.31.